The van der Waals surface area contributed by atoms with Crippen molar-refractivity contribution in [1.82, 2.24) is 14.6 Å². The van der Waals surface area contributed by atoms with Gasteiger partial charge in [0, 0.05) is 43.3 Å². The third kappa shape index (κ3) is 7.37. The van der Waals surface area contributed by atoms with E-state index in [4.69, 9.17) is 22.1 Å². The Hall–Kier alpha value is -2.22. The van der Waals surface area contributed by atoms with Gasteiger partial charge in [-0.05, 0) is 76.0 Å². The van der Waals surface area contributed by atoms with Crippen LogP contribution in [0.1, 0.15) is 63.0 Å². The molecule has 4 heterocycles. The Balaban J connectivity index is 1.36. The van der Waals surface area contributed by atoms with Crippen molar-refractivity contribution in [2.24, 2.45) is 11.7 Å². The number of halogens is 3. The lowest BCUT2D eigenvalue weighted by molar-refractivity contribution is -0.119. The summed E-state index contributed by atoms with van der Waals surface area (Å²) in [5.74, 6) is -2.31. The first-order valence-corrected chi connectivity index (χ1v) is 16.8. The van der Waals surface area contributed by atoms with Crippen LogP contribution >= 0.6 is 11.6 Å². The Bertz CT molecular complexity index is 1450. The van der Waals surface area contributed by atoms with E-state index in [1.807, 2.05) is 13.8 Å². The third-order valence-electron chi connectivity index (χ3n) is 9.01. The molecule has 1 aromatic heterocycles. The molecule has 1 amide bonds. The highest BCUT2D eigenvalue weighted by Gasteiger charge is 2.40. The molecule has 3 aliphatic heterocycles. The average molecular weight is 640 g/mol. The zero-order valence-electron chi connectivity index (χ0n) is 24.5. The molecule has 0 saturated carbocycles. The first-order valence-electron chi connectivity index (χ1n) is 14.9. The van der Waals surface area contributed by atoms with Crippen molar-refractivity contribution in [3.05, 3.63) is 58.4 Å². The van der Waals surface area contributed by atoms with Crippen LogP contribution in [0.3, 0.4) is 0 Å². The number of benzene rings is 1. The number of ether oxygens (including phenoxy) is 1. The number of pyridine rings is 1. The fourth-order valence-corrected chi connectivity index (χ4v) is 8.76. The topological polar surface area (TPSA) is 127 Å². The molecule has 3 saturated heterocycles. The maximum atomic E-state index is 15.1. The van der Waals surface area contributed by atoms with E-state index >= 15 is 4.39 Å². The quantitative estimate of drug-likeness (QED) is 0.399. The fourth-order valence-electron chi connectivity index (χ4n) is 6.84. The lowest BCUT2D eigenvalue weighted by atomic mass is 9.73. The number of rotatable bonds is 8. The van der Waals surface area contributed by atoms with Crippen molar-refractivity contribution >= 4 is 33.2 Å². The minimum absolute atomic E-state index is 0.0278. The highest BCUT2D eigenvalue weighted by Crippen LogP contribution is 2.40. The van der Waals surface area contributed by atoms with Crippen molar-refractivity contribution < 1.29 is 26.7 Å². The number of anilines is 1. The predicted octanol–water partition coefficient (Wildman–Crippen LogP) is 3.97. The van der Waals surface area contributed by atoms with Crippen LogP contribution in [0, 0.1) is 17.6 Å². The second-order valence-corrected chi connectivity index (χ2v) is 15.0. The molecule has 1 unspecified atom stereocenters. The van der Waals surface area contributed by atoms with E-state index in [9.17, 15) is 17.6 Å². The largest absolute Gasteiger partial charge is 0.376 e. The number of amides is 1. The second kappa shape index (κ2) is 13.0. The van der Waals surface area contributed by atoms with E-state index in [1.54, 1.807) is 10.4 Å². The van der Waals surface area contributed by atoms with Crippen LogP contribution in [0.2, 0.25) is 5.02 Å². The number of nitrogens with zero attached hydrogens (tertiary/aromatic N) is 2. The molecule has 3 fully saturated rings. The molecule has 9 nitrogen and oxygen atoms in total. The summed E-state index contributed by atoms with van der Waals surface area (Å²) in [6.45, 7) is 5.28. The summed E-state index contributed by atoms with van der Waals surface area (Å²) < 4.78 is 62.9. The number of sulfonamides is 1. The molecule has 0 aliphatic carbocycles. The molecule has 13 heteroatoms. The molecule has 2 bridgehead atoms. The van der Waals surface area contributed by atoms with E-state index < -0.39 is 45.1 Å². The standard InChI is InChI=1S/C30H40ClF2N5O4S/c1-30(2)13-19(9-10-42-30)27(18-5-8-23(31)24(32)12-18)28(34)29(39)37-26-16-35-15-25(33)22(26)7-6-21-14-36-20-4-3-11-43(40,41)38(21)17-20/h5,8,12,15-16,19-21,27-28,36H,3-4,6-7,9-11,13-14,17,34H2,1-2H3,(H,37,39)/t19-,20+,21-,27-,28-/m0/s1. The van der Waals surface area contributed by atoms with Gasteiger partial charge < -0.3 is 21.1 Å². The van der Waals surface area contributed by atoms with Crippen molar-refractivity contribution in [3.63, 3.8) is 0 Å². The molecule has 1 aromatic carbocycles. The van der Waals surface area contributed by atoms with Gasteiger partial charge in [0.1, 0.15) is 11.6 Å². The van der Waals surface area contributed by atoms with Gasteiger partial charge in [-0.3, -0.25) is 9.78 Å². The Morgan fingerprint density at radius 2 is 2.07 bits per heavy atom. The molecule has 2 aromatic rings. The molecular formula is C30H40ClF2N5O4S. The van der Waals surface area contributed by atoms with Crippen LogP contribution in [0.15, 0.2) is 30.6 Å². The highest BCUT2D eigenvalue weighted by molar-refractivity contribution is 7.89. The van der Waals surface area contributed by atoms with Crippen molar-refractivity contribution in [3.8, 4) is 0 Å². The van der Waals surface area contributed by atoms with E-state index in [2.05, 4.69) is 15.6 Å². The maximum absolute atomic E-state index is 15.1. The van der Waals surface area contributed by atoms with E-state index in [0.29, 0.717) is 50.9 Å². The number of hydrogen-bond acceptors (Lipinski definition) is 7. The zero-order valence-corrected chi connectivity index (χ0v) is 26.1. The first kappa shape index (κ1) is 32.2. The molecular weight excluding hydrogens is 600 g/mol. The van der Waals surface area contributed by atoms with Gasteiger partial charge in [0.05, 0.1) is 40.5 Å². The minimum atomic E-state index is -3.40. The number of nitrogens with two attached hydrogens (primary N) is 1. The summed E-state index contributed by atoms with van der Waals surface area (Å²) >= 11 is 5.95. The fraction of sp³-hybridized carbons (Fsp3) is 0.600. The predicted molar refractivity (Wildman–Crippen MR) is 161 cm³/mol. The van der Waals surface area contributed by atoms with Gasteiger partial charge in [-0.25, -0.2) is 17.2 Å². The summed E-state index contributed by atoms with van der Waals surface area (Å²) in [7, 11) is -3.40. The number of nitrogens with one attached hydrogen (secondary N) is 2. The van der Waals surface area contributed by atoms with Gasteiger partial charge in [0.25, 0.3) is 0 Å². The van der Waals surface area contributed by atoms with E-state index in [0.717, 1.165) is 12.6 Å². The molecule has 43 heavy (non-hydrogen) atoms. The van der Waals surface area contributed by atoms with Crippen LogP contribution in [-0.4, -0.2) is 72.8 Å². The van der Waals surface area contributed by atoms with Gasteiger partial charge in [0.15, 0.2) is 0 Å². The van der Waals surface area contributed by atoms with Crippen LogP contribution in [0.4, 0.5) is 14.5 Å². The smallest absolute Gasteiger partial charge is 0.241 e. The molecule has 3 aliphatic rings. The molecule has 4 N–H and O–H groups in total. The van der Waals surface area contributed by atoms with Gasteiger partial charge in [-0.2, -0.15) is 4.31 Å². The minimum Gasteiger partial charge on any atom is -0.376 e. The van der Waals surface area contributed by atoms with Gasteiger partial charge in [-0.15, -0.1) is 0 Å². The van der Waals surface area contributed by atoms with Crippen molar-refractivity contribution in [2.75, 3.05) is 30.8 Å². The summed E-state index contributed by atoms with van der Waals surface area (Å²) in [6.07, 6.45) is 5.62. The zero-order chi connectivity index (χ0) is 30.9. The molecule has 0 radical (unpaired) electrons. The van der Waals surface area contributed by atoms with E-state index in [1.165, 1.54) is 18.3 Å². The monoisotopic (exact) mass is 639 g/mol. The summed E-state index contributed by atoms with van der Waals surface area (Å²) in [6, 6.07) is 3.13. The molecule has 5 rings (SSSR count). The summed E-state index contributed by atoms with van der Waals surface area (Å²) in [4.78, 5) is 17.6. The number of carbonyl (C=O) groups is 1. The second-order valence-electron chi connectivity index (χ2n) is 12.5. The third-order valence-corrected chi connectivity index (χ3v) is 11.3. The highest BCUT2D eigenvalue weighted by atomic mass is 35.5. The summed E-state index contributed by atoms with van der Waals surface area (Å²) in [5, 5.41) is 6.17. The summed E-state index contributed by atoms with van der Waals surface area (Å²) in [5.41, 5.74) is 7.13. The van der Waals surface area contributed by atoms with Crippen molar-refractivity contribution in [2.45, 2.75) is 82.0 Å². The Morgan fingerprint density at radius 3 is 2.81 bits per heavy atom. The van der Waals surface area contributed by atoms with Crippen LogP contribution in [0.25, 0.3) is 0 Å². The maximum Gasteiger partial charge on any atom is 0.241 e. The lowest BCUT2D eigenvalue weighted by Crippen LogP contribution is -2.57. The normalized spacial score (nSPS) is 28.0. The Kier molecular flexibility index (Phi) is 9.75. The van der Waals surface area contributed by atoms with Gasteiger partial charge >= 0.3 is 0 Å². The molecule has 236 valence electrons. The lowest BCUT2D eigenvalue weighted by Gasteiger charge is -2.41. The van der Waals surface area contributed by atoms with Gasteiger partial charge in [0.2, 0.25) is 15.9 Å². The Morgan fingerprint density at radius 1 is 1.28 bits per heavy atom. The van der Waals surface area contributed by atoms with Crippen molar-refractivity contribution in [1.29, 1.82) is 0 Å². The number of hydrogen-bond donors (Lipinski definition) is 3. The van der Waals surface area contributed by atoms with Gasteiger partial charge in [-0.1, -0.05) is 17.7 Å². The SMILES string of the molecule is CC1(C)C[C@@H]([C@H](c2ccc(Cl)c(F)c2)[C@H](N)C(=O)Nc2cncc(F)c2CC[C@H]2CN[C@@H]3CCCS(=O)(=O)N2C3)CCO1. The number of carbonyl (C=O) groups excluding carboxylic acids is 1. The molecule has 0 spiro atoms. The van der Waals surface area contributed by atoms with E-state index in [-0.39, 0.29) is 46.4 Å². The number of fused-ring (bicyclic) bond motifs is 2. The average Bonchev–Trinajstić information content (AvgIpc) is 3.06. The van der Waals surface area contributed by atoms with Crippen LogP contribution in [0.5, 0.6) is 0 Å². The first-order chi connectivity index (χ1) is 20.3. The molecule has 6 atom stereocenters. The number of aromatic nitrogens is 1. The van der Waals surface area contributed by atoms with Crippen LogP contribution in [-0.2, 0) is 26.0 Å². The Labute approximate surface area is 256 Å². The number of piperazine rings is 1. The van der Waals surface area contributed by atoms with Crippen LogP contribution < -0.4 is 16.4 Å².